The topological polar surface area (TPSA) is 365 Å². The van der Waals surface area contributed by atoms with E-state index in [1.54, 1.807) is 170 Å². The van der Waals surface area contributed by atoms with Gasteiger partial charge in [0.05, 0.1) is 31.9 Å². The van der Waals surface area contributed by atoms with Crippen LogP contribution in [0.25, 0.3) is 0 Å². The first-order valence-electron chi connectivity index (χ1n) is 36.2. The molecule has 109 heavy (non-hydrogen) atoms. The number of aliphatic hydroxyl groups excluding tert-OH is 4. The Labute approximate surface area is 633 Å². The lowest BCUT2D eigenvalue weighted by atomic mass is 9.83. The van der Waals surface area contributed by atoms with Gasteiger partial charge in [0.15, 0.2) is 33.5 Å². The molecule has 5 amide bonds. The van der Waals surface area contributed by atoms with Gasteiger partial charge < -0.3 is 118 Å². The maximum absolute atomic E-state index is 14.5. The van der Waals surface area contributed by atoms with Crippen LogP contribution in [0.4, 0.5) is 24.0 Å². The summed E-state index contributed by atoms with van der Waals surface area (Å²) < 4.78 is 96.2. The lowest BCUT2D eigenvalue weighted by Crippen LogP contribution is -2.71. The van der Waals surface area contributed by atoms with Crippen LogP contribution in [-0.4, -0.2) is 202 Å². The van der Waals surface area contributed by atoms with Gasteiger partial charge in [-0.25, -0.2) is 24.0 Å². The summed E-state index contributed by atoms with van der Waals surface area (Å²) in [5, 5.41) is 63.4. The van der Waals surface area contributed by atoms with Gasteiger partial charge in [0, 0.05) is 12.1 Å². The van der Waals surface area contributed by atoms with E-state index in [2.05, 4.69) is 33.2 Å². The number of alkyl carbamates (subject to hydrolysis) is 5. The zero-order valence-electron chi connectivity index (χ0n) is 61.2. The van der Waals surface area contributed by atoms with E-state index in [9.17, 15) is 44.4 Å². The van der Waals surface area contributed by atoms with Crippen molar-refractivity contribution in [2.75, 3.05) is 26.4 Å². The molecule has 0 aromatic heterocycles. The molecule has 6 aromatic carbocycles. The Hall–Kier alpha value is -8.93. The normalized spacial score (nSPS) is 28.9. The summed E-state index contributed by atoms with van der Waals surface area (Å²) in [5.41, 5.74) is 3.84. The molecule has 9 N–H and O–H groups in total. The van der Waals surface area contributed by atoms with E-state index in [4.69, 9.17) is 70.7 Å². The number of carbonyl (C=O) groups is 5. The Morgan fingerprint density at radius 2 is 0.899 bits per heavy atom. The quantitative estimate of drug-likeness (QED) is 0.0122. The fraction of sp³-hybridized carbons (Fsp3) is 0.456. The minimum Gasteiger partial charge on any atom is -0.445 e. The Balaban J connectivity index is 0.969. The predicted molar refractivity (Wildman–Crippen MR) is 391 cm³/mol. The highest BCUT2D eigenvalue weighted by molar-refractivity contribution is 6.74. The van der Waals surface area contributed by atoms with Crippen LogP contribution in [0.5, 0.6) is 0 Å². The number of ether oxygens (including phenoxy) is 14. The molecule has 0 spiro atoms. The molecule has 586 valence electrons. The number of hydrogen-bond acceptors (Lipinski definition) is 24. The molecule has 5 fully saturated rings. The van der Waals surface area contributed by atoms with Gasteiger partial charge in [-0.1, -0.05) is 209 Å². The first kappa shape index (κ1) is 81.1. The predicted octanol–water partition coefficient (Wildman–Crippen LogP) is 7.98. The molecule has 5 aliphatic rings. The number of rotatable bonds is 29. The van der Waals surface area contributed by atoms with Crippen LogP contribution in [0.2, 0.25) is 18.1 Å². The van der Waals surface area contributed by atoms with Gasteiger partial charge in [0.1, 0.15) is 118 Å². The van der Waals surface area contributed by atoms with Crippen molar-refractivity contribution in [3.63, 3.8) is 0 Å². The molecule has 6 aromatic rings. The van der Waals surface area contributed by atoms with Gasteiger partial charge in [-0.05, 0) is 52.4 Å². The molecule has 4 saturated heterocycles. The molecule has 1 aliphatic carbocycles. The first-order valence-corrected chi connectivity index (χ1v) is 39.2. The SMILES string of the molecule is C=CCO[C@H]1[C@H](O[C@@H]2[C@@H](O)[C@H](NC(=O)OCc3ccccc3)C[C@H](NC(=O)OCc3ccccc3)[C@H]2O[C@H]2O[C@@H]3COC(c4ccccc4)O[C@H]3[C@H](O)[C@H]2NC(=O)OCc2ccccc2)O[C@H](CO[Si](C)(C)C(C)(C)C)[C@H]1O[C@H]1O[C@@H](CNC(=O)OCc2ccccc2)[C@@H](O)[C@H](O)[C@H]1NC(=O)OCc1ccccc1. The summed E-state index contributed by atoms with van der Waals surface area (Å²) >= 11 is 0. The number of nitrogens with one attached hydrogen (secondary N) is 5. The van der Waals surface area contributed by atoms with Crippen molar-refractivity contribution >= 4 is 38.8 Å². The summed E-state index contributed by atoms with van der Waals surface area (Å²) in [6.45, 7) is 11.9. The molecule has 4 aliphatic heterocycles. The number of benzene rings is 6. The lowest BCUT2D eigenvalue weighted by Gasteiger charge is -2.51. The molecule has 30 heteroatoms. The molecule has 0 bridgehead atoms. The Bertz CT molecular complexity index is 3840. The largest absolute Gasteiger partial charge is 0.445 e. The Morgan fingerprint density at radius 1 is 0.477 bits per heavy atom. The number of fused-ring (bicyclic) bond motifs is 1. The zero-order valence-corrected chi connectivity index (χ0v) is 62.2. The molecule has 4 heterocycles. The van der Waals surface area contributed by atoms with Crippen molar-refractivity contribution in [3.8, 4) is 0 Å². The fourth-order valence-electron chi connectivity index (χ4n) is 12.8. The van der Waals surface area contributed by atoms with Crippen molar-refractivity contribution < 1.29 is 115 Å². The van der Waals surface area contributed by atoms with Crippen molar-refractivity contribution in [1.29, 1.82) is 0 Å². The number of carbonyl (C=O) groups excluding carboxylic acids is 5. The van der Waals surface area contributed by atoms with Crippen molar-refractivity contribution in [3.05, 3.63) is 228 Å². The summed E-state index contributed by atoms with van der Waals surface area (Å²) in [7, 11) is -2.77. The summed E-state index contributed by atoms with van der Waals surface area (Å²) in [6.07, 6.45) is -29.0. The minimum atomic E-state index is -2.77. The van der Waals surface area contributed by atoms with E-state index < -0.39 is 173 Å². The summed E-state index contributed by atoms with van der Waals surface area (Å²) in [4.78, 5) is 70.3. The highest BCUT2D eigenvalue weighted by Crippen LogP contribution is 2.42. The minimum absolute atomic E-state index is 0.105. The first-order chi connectivity index (χ1) is 52.6. The number of aliphatic hydroxyl groups is 4. The van der Waals surface area contributed by atoms with E-state index in [-0.39, 0.29) is 59.3 Å². The third-order valence-electron chi connectivity index (χ3n) is 19.8. The lowest BCUT2D eigenvalue weighted by molar-refractivity contribution is -0.358. The van der Waals surface area contributed by atoms with Gasteiger partial charge in [0.2, 0.25) is 0 Å². The van der Waals surface area contributed by atoms with Gasteiger partial charge in [-0.3, -0.25) is 0 Å². The second kappa shape index (κ2) is 38.6. The fourth-order valence-corrected chi connectivity index (χ4v) is 13.9. The van der Waals surface area contributed by atoms with Gasteiger partial charge >= 0.3 is 30.5 Å². The van der Waals surface area contributed by atoms with Crippen LogP contribution in [-0.2, 0) is 104 Å². The van der Waals surface area contributed by atoms with Crippen LogP contribution in [0, 0.1) is 0 Å². The van der Waals surface area contributed by atoms with Crippen molar-refractivity contribution in [1.82, 2.24) is 26.6 Å². The molecule has 20 atom stereocenters. The molecular weight excluding hydrogens is 1430 g/mol. The maximum atomic E-state index is 14.5. The molecule has 11 rings (SSSR count). The van der Waals surface area contributed by atoms with Crippen LogP contribution in [0.15, 0.2) is 195 Å². The van der Waals surface area contributed by atoms with Crippen LogP contribution in [0.3, 0.4) is 0 Å². The number of hydrogen-bond donors (Lipinski definition) is 9. The Kier molecular flexibility index (Phi) is 28.7. The van der Waals surface area contributed by atoms with Gasteiger partial charge in [-0.15, -0.1) is 6.58 Å². The van der Waals surface area contributed by atoms with E-state index in [1.807, 2.05) is 46.0 Å². The molecule has 0 radical (unpaired) electrons. The second-order valence-corrected chi connectivity index (χ2v) is 33.3. The molecule has 1 saturated carbocycles. The van der Waals surface area contributed by atoms with Crippen LogP contribution >= 0.6 is 0 Å². The Morgan fingerprint density at radius 3 is 1.39 bits per heavy atom. The van der Waals surface area contributed by atoms with Crippen LogP contribution in [0.1, 0.15) is 66.9 Å². The molecular formula is C79H97N5O24Si. The van der Waals surface area contributed by atoms with E-state index >= 15 is 0 Å². The maximum Gasteiger partial charge on any atom is 0.407 e. The summed E-state index contributed by atoms with van der Waals surface area (Å²) in [5.74, 6) is 0. The summed E-state index contributed by atoms with van der Waals surface area (Å²) in [6, 6.07) is 47.1. The molecule has 1 unspecified atom stereocenters. The third-order valence-corrected chi connectivity index (χ3v) is 24.3. The smallest absolute Gasteiger partial charge is 0.407 e. The second-order valence-electron chi connectivity index (χ2n) is 28.5. The number of amides is 5. The van der Waals surface area contributed by atoms with E-state index in [0.29, 0.717) is 33.4 Å². The standard InChI is InChI=1S/C79H97N5O24Si/c1-7-38-94-69-67(107-71-59(83-77(92)99-44-51-32-20-11-21-33-51)63(87)62(86)56(102-71)40-80-74(89)96-41-48-26-14-8-15-27-48)58(47-101-109(5,6)79(2,3)4)104-73(69)108-68-61(85)54(81-75(90)97-42-49-28-16-9-17-29-49)39-55(82-76(91)98-43-50-30-18-10-19-31-50)65(68)105-72-60(84-78(93)100-45-52-34-22-12-23-35-52)64(88)66-57(103-72)46-95-70(106-66)53-36-24-13-25-37-53/h7-37,54-73,85-88H,1,38-47H2,2-6H3,(H,80,89)(H,81,90)(H,82,91)(H,83,92)(H,84,93)/t54-,55+,56+,57-,58-,59-,60-,61+,62-,63-,64-,65-,66-,67-,68-,69-,70?,71-,72-,73+/m1/s1. The van der Waals surface area contributed by atoms with Crippen molar-refractivity contribution in [2.45, 2.75) is 201 Å². The monoisotopic (exact) mass is 1530 g/mol. The van der Waals surface area contributed by atoms with E-state index in [1.165, 1.54) is 6.08 Å². The highest BCUT2D eigenvalue weighted by Gasteiger charge is 2.59. The average Bonchev–Trinajstić information content (AvgIpc) is 1.73. The average molecular weight is 1530 g/mol. The zero-order chi connectivity index (χ0) is 77.0. The van der Waals surface area contributed by atoms with Crippen LogP contribution < -0.4 is 26.6 Å². The van der Waals surface area contributed by atoms with Crippen molar-refractivity contribution in [2.24, 2.45) is 0 Å². The molecule has 29 nitrogen and oxygen atoms in total. The van der Waals surface area contributed by atoms with Gasteiger partial charge in [0.25, 0.3) is 0 Å². The van der Waals surface area contributed by atoms with Gasteiger partial charge in [-0.2, -0.15) is 0 Å². The van der Waals surface area contributed by atoms with E-state index in [0.717, 1.165) is 0 Å². The highest BCUT2D eigenvalue weighted by atomic mass is 28.4. The third kappa shape index (κ3) is 22.2.